The molecule has 0 aliphatic carbocycles. The van der Waals surface area contributed by atoms with Crippen molar-refractivity contribution in [3.63, 3.8) is 0 Å². The summed E-state index contributed by atoms with van der Waals surface area (Å²) in [5.74, 6) is 0. The van der Waals surface area contributed by atoms with Crippen LogP contribution in [0.5, 0.6) is 0 Å². The van der Waals surface area contributed by atoms with Crippen LogP contribution in [-0.4, -0.2) is 0 Å². The molecule has 0 heterocycles. The number of fused-ring (bicyclic) bond motifs is 6. The Bertz CT molecular complexity index is 1000. The Kier molecular flexibility index (Phi) is 3.57. The lowest BCUT2D eigenvalue weighted by atomic mass is 9.77. The summed E-state index contributed by atoms with van der Waals surface area (Å²) in [6, 6.07) is 24.7. The van der Waals surface area contributed by atoms with Gasteiger partial charge in [-0.25, -0.2) is 0 Å². The van der Waals surface area contributed by atoms with Gasteiger partial charge in [0, 0.05) is 0 Å². The second-order valence-electron chi connectivity index (χ2n) is 7.12. The van der Waals surface area contributed by atoms with Crippen LogP contribution in [0.2, 0.25) is 0 Å². The molecule has 4 aromatic carbocycles. The van der Waals surface area contributed by atoms with Crippen LogP contribution in [0.25, 0.3) is 32.3 Å². The average molecular weight is 312 g/mol. The zero-order valence-corrected chi connectivity index (χ0v) is 14.8. The van der Waals surface area contributed by atoms with E-state index in [1.807, 2.05) is 0 Å². The third-order valence-corrected chi connectivity index (χ3v) is 6.00. The molecule has 0 spiro atoms. The molecule has 0 saturated heterocycles. The van der Waals surface area contributed by atoms with E-state index in [1.54, 1.807) is 0 Å². The lowest BCUT2D eigenvalue weighted by molar-refractivity contribution is 0.439. The molecule has 4 aromatic rings. The molecule has 0 aromatic heterocycles. The van der Waals surface area contributed by atoms with E-state index >= 15 is 0 Å². The zero-order chi connectivity index (χ0) is 16.7. The minimum Gasteiger partial charge on any atom is -0.0645 e. The molecule has 0 atom stereocenters. The van der Waals surface area contributed by atoms with Crippen molar-refractivity contribution < 1.29 is 0 Å². The highest BCUT2D eigenvalue weighted by Crippen LogP contribution is 2.38. The molecule has 0 aliphatic heterocycles. The molecule has 0 saturated carbocycles. The zero-order valence-electron chi connectivity index (χ0n) is 14.8. The molecule has 0 unspecified atom stereocenters. The van der Waals surface area contributed by atoms with E-state index in [1.165, 1.54) is 50.7 Å². The van der Waals surface area contributed by atoms with Crippen LogP contribution < -0.4 is 0 Å². The van der Waals surface area contributed by atoms with E-state index < -0.39 is 0 Å². The average Bonchev–Trinajstić information content (AvgIpc) is 2.67. The summed E-state index contributed by atoms with van der Waals surface area (Å²) in [4.78, 5) is 0. The third-order valence-electron chi connectivity index (χ3n) is 6.00. The highest BCUT2D eigenvalue weighted by molar-refractivity contribution is 6.25. The smallest absolute Gasteiger partial charge is 0.00803 e. The summed E-state index contributed by atoms with van der Waals surface area (Å²) in [6.45, 7) is 6.98. The third kappa shape index (κ3) is 2.13. The normalized spacial score (nSPS) is 12.3. The van der Waals surface area contributed by atoms with Crippen molar-refractivity contribution in [3.8, 4) is 0 Å². The maximum Gasteiger partial charge on any atom is -0.00803 e. The van der Waals surface area contributed by atoms with Gasteiger partial charge in [-0.3, -0.25) is 0 Å². The van der Waals surface area contributed by atoms with Gasteiger partial charge in [-0.1, -0.05) is 81.4 Å². The second-order valence-corrected chi connectivity index (χ2v) is 7.12. The SMILES string of the molecule is CCC(C)(CC)c1ccc2c3ccccc3c3ccccc3c2c1. The van der Waals surface area contributed by atoms with Gasteiger partial charge in [0.2, 0.25) is 0 Å². The minimum absolute atomic E-state index is 0.251. The van der Waals surface area contributed by atoms with E-state index in [-0.39, 0.29) is 5.41 Å². The second kappa shape index (κ2) is 5.63. The Morgan fingerprint density at radius 2 is 1.00 bits per heavy atom. The van der Waals surface area contributed by atoms with Crippen LogP contribution in [0.15, 0.2) is 66.7 Å². The van der Waals surface area contributed by atoms with Gasteiger partial charge < -0.3 is 0 Å². The first-order valence-corrected chi connectivity index (χ1v) is 9.01. The molecular weight excluding hydrogens is 288 g/mol. The van der Waals surface area contributed by atoms with Crippen LogP contribution >= 0.6 is 0 Å². The van der Waals surface area contributed by atoms with Crippen molar-refractivity contribution in [3.05, 3.63) is 72.3 Å². The van der Waals surface area contributed by atoms with Crippen LogP contribution in [0.1, 0.15) is 39.2 Å². The highest BCUT2D eigenvalue weighted by atomic mass is 14.3. The van der Waals surface area contributed by atoms with E-state index in [0.717, 1.165) is 0 Å². The lowest BCUT2D eigenvalue weighted by Gasteiger charge is -2.28. The lowest BCUT2D eigenvalue weighted by Crippen LogP contribution is -2.19. The van der Waals surface area contributed by atoms with Gasteiger partial charge in [-0.05, 0) is 62.2 Å². The van der Waals surface area contributed by atoms with Crippen LogP contribution in [0, 0.1) is 0 Å². The van der Waals surface area contributed by atoms with Crippen molar-refractivity contribution in [1.82, 2.24) is 0 Å². The van der Waals surface area contributed by atoms with E-state index in [2.05, 4.69) is 87.5 Å². The molecular formula is C24H24. The summed E-state index contributed by atoms with van der Waals surface area (Å²) in [7, 11) is 0. The largest absolute Gasteiger partial charge is 0.0645 e. The Morgan fingerprint density at radius 3 is 1.46 bits per heavy atom. The van der Waals surface area contributed by atoms with Crippen molar-refractivity contribution in [2.75, 3.05) is 0 Å². The number of hydrogen-bond acceptors (Lipinski definition) is 0. The first-order valence-electron chi connectivity index (χ1n) is 9.01. The molecule has 0 nitrogen and oxygen atoms in total. The maximum absolute atomic E-state index is 2.44. The predicted molar refractivity (Wildman–Crippen MR) is 107 cm³/mol. The molecule has 0 amide bonds. The molecule has 0 aliphatic rings. The molecule has 0 fully saturated rings. The molecule has 0 bridgehead atoms. The van der Waals surface area contributed by atoms with Gasteiger partial charge in [0.15, 0.2) is 0 Å². The Balaban J connectivity index is 2.18. The molecule has 24 heavy (non-hydrogen) atoms. The molecule has 4 rings (SSSR count). The van der Waals surface area contributed by atoms with Gasteiger partial charge >= 0.3 is 0 Å². The Hall–Kier alpha value is -2.34. The quantitative estimate of drug-likeness (QED) is 0.350. The monoisotopic (exact) mass is 312 g/mol. The van der Waals surface area contributed by atoms with Crippen molar-refractivity contribution in [2.24, 2.45) is 0 Å². The van der Waals surface area contributed by atoms with E-state index in [9.17, 15) is 0 Å². The Labute approximate surface area is 144 Å². The Morgan fingerprint density at radius 1 is 0.583 bits per heavy atom. The maximum atomic E-state index is 2.44. The number of benzene rings is 4. The molecule has 120 valence electrons. The topological polar surface area (TPSA) is 0 Å². The first-order chi connectivity index (χ1) is 11.7. The van der Waals surface area contributed by atoms with Gasteiger partial charge in [0.1, 0.15) is 0 Å². The van der Waals surface area contributed by atoms with Crippen molar-refractivity contribution in [1.29, 1.82) is 0 Å². The van der Waals surface area contributed by atoms with Gasteiger partial charge in [-0.15, -0.1) is 0 Å². The fourth-order valence-electron chi connectivity index (χ4n) is 3.94. The van der Waals surface area contributed by atoms with Gasteiger partial charge in [0.25, 0.3) is 0 Å². The fraction of sp³-hybridized carbons (Fsp3) is 0.250. The van der Waals surface area contributed by atoms with Crippen LogP contribution in [-0.2, 0) is 5.41 Å². The number of rotatable bonds is 3. The fourth-order valence-corrected chi connectivity index (χ4v) is 3.94. The summed E-state index contributed by atoms with van der Waals surface area (Å²) in [5, 5.41) is 8.17. The summed E-state index contributed by atoms with van der Waals surface area (Å²) < 4.78 is 0. The molecule has 0 radical (unpaired) electrons. The van der Waals surface area contributed by atoms with Gasteiger partial charge in [0.05, 0.1) is 0 Å². The van der Waals surface area contributed by atoms with E-state index in [0.29, 0.717) is 0 Å². The standard InChI is InChI=1S/C24H24/c1-4-24(3,5-2)17-14-15-22-20-12-7-6-10-18(20)19-11-8-9-13-21(19)23(22)16-17/h6-16H,4-5H2,1-3H3. The predicted octanol–water partition coefficient (Wildman–Crippen LogP) is 7.22. The van der Waals surface area contributed by atoms with Crippen molar-refractivity contribution >= 4 is 32.3 Å². The van der Waals surface area contributed by atoms with Crippen LogP contribution in [0.4, 0.5) is 0 Å². The van der Waals surface area contributed by atoms with Gasteiger partial charge in [-0.2, -0.15) is 0 Å². The van der Waals surface area contributed by atoms with Crippen molar-refractivity contribution in [2.45, 2.75) is 39.0 Å². The number of hydrogen-bond donors (Lipinski definition) is 0. The highest BCUT2D eigenvalue weighted by Gasteiger charge is 2.22. The minimum atomic E-state index is 0.251. The summed E-state index contributed by atoms with van der Waals surface area (Å²) in [5.41, 5.74) is 1.71. The first kappa shape index (κ1) is 15.2. The van der Waals surface area contributed by atoms with E-state index in [4.69, 9.17) is 0 Å². The summed E-state index contributed by atoms with van der Waals surface area (Å²) in [6.07, 6.45) is 2.33. The molecule has 0 N–H and O–H groups in total. The van der Waals surface area contributed by atoms with Crippen LogP contribution in [0.3, 0.4) is 0 Å². The summed E-state index contributed by atoms with van der Waals surface area (Å²) >= 11 is 0. The molecule has 0 heteroatoms.